The highest BCUT2D eigenvalue weighted by molar-refractivity contribution is 5.88. The molecule has 0 atom stereocenters. The van der Waals surface area contributed by atoms with Crippen molar-refractivity contribution in [3.63, 3.8) is 0 Å². The fourth-order valence-electron chi connectivity index (χ4n) is 5.17. The average molecular weight is 471 g/mol. The number of imidazole rings is 1. The molecule has 4 aromatic rings. The van der Waals surface area contributed by atoms with Gasteiger partial charge in [-0.2, -0.15) is 0 Å². The van der Waals surface area contributed by atoms with Gasteiger partial charge in [0.05, 0.1) is 16.6 Å². The van der Waals surface area contributed by atoms with Crippen molar-refractivity contribution in [3.05, 3.63) is 84.2 Å². The molecule has 0 saturated carbocycles. The molecule has 180 valence electrons. The molecule has 3 aromatic carbocycles. The molecule has 0 spiro atoms. The van der Waals surface area contributed by atoms with E-state index in [1.165, 1.54) is 18.6 Å². The highest BCUT2D eigenvalue weighted by Crippen LogP contribution is 2.30. The van der Waals surface area contributed by atoms with Gasteiger partial charge in [-0.15, -0.1) is 0 Å². The Balaban J connectivity index is 1.22. The van der Waals surface area contributed by atoms with Gasteiger partial charge in [-0.1, -0.05) is 36.4 Å². The zero-order chi connectivity index (χ0) is 24.2. The van der Waals surface area contributed by atoms with E-state index in [0.29, 0.717) is 17.3 Å². The largest absolute Gasteiger partial charge is 0.326 e. The van der Waals surface area contributed by atoms with Crippen LogP contribution < -0.4 is 5.32 Å². The van der Waals surface area contributed by atoms with Crippen molar-refractivity contribution in [1.29, 1.82) is 0 Å². The van der Waals surface area contributed by atoms with E-state index in [1.807, 2.05) is 36.4 Å². The Morgan fingerprint density at radius 3 is 2.57 bits per heavy atom. The van der Waals surface area contributed by atoms with Crippen molar-refractivity contribution in [2.24, 2.45) is 0 Å². The van der Waals surface area contributed by atoms with Crippen LogP contribution in [0.5, 0.6) is 0 Å². The highest BCUT2D eigenvalue weighted by Gasteiger charge is 2.21. The lowest BCUT2D eigenvalue weighted by atomic mass is 9.89. The molecule has 0 bridgehead atoms. The summed E-state index contributed by atoms with van der Waals surface area (Å²) in [5.41, 5.74) is 4.66. The van der Waals surface area contributed by atoms with E-state index in [4.69, 9.17) is 4.98 Å². The molecule has 1 N–H and O–H groups in total. The van der Waals surface area contributed by atoms with Gasteiger partial charge in [0.25, 0.3) is 0 Å². The van der Waals surface area contributed by atoms with Gasteiger partial charge < -0.3 is 14.8 Å². The van der Waals surface area contributed by atoms with E-state index < -0.39 is 0 Å². The lowest BCUT2D eigenvalue weighted by Crippen LogP contribution is -2.34. The molecule has 1 amide bonds. The lowest BCUT2D eigenvalue weighted by Gasteiger charge is -2.32. The number of aryl methyl sites for hydroxylation is 1. The van der Waals surface area contributed by atoms with Crippen molar-refractivity contribution >= 4 is 22.6 Å². The molecule has 0 aliphatic carbocycles. The normalized spacial score (nSPS) is 14.9. The number of rotatable bonds is 7. The number of hydrogen-bond donors (Lipinski definition) is 1. The molecule has 0 unspecified atom stereocenters. The smallest absolute Gasteiger partial charge is 0.221 e. The summed E-state index contributed by atoms with van der Waals surface area (Å²) in [5, 5.41) is 2.89. The zero-order valence-electron chi connectivity index (χ0n) is 20.1. The van der Waals surface area contributed by atoms with Crippen molar-refractivity contribution in [1.82, 2.24) is 14.5 Å². The van der Waals surface area contributed by atoms with E-state index in [2.05, 4.69) is 33.0 Å². The van der Waals surface area contributed by atoms with Crippen LogP contribution in [0.15, 0.2) is 72.8 Å². The van der Waals surface area contributed by atoms with Gasteiger partial charge in [-0.3, -0.25) is 4.79 Å². The molecule has 1 saturated heterocycles. The van der Waals surface area contributed by atoms with Crippen LogP contribution in [0.1, 0.15) is 37.7 Å². The Kier molecular flexibility index (Phi) is 6.91. The van der Waals surface area contributed by atoms with Crippen LogP contribution >= 0.6 is 0 Å². The number of fused-ring (bicyclic) bond motifs is 1. The Morgan fingerprint density at radius 2 is 1.77 bits per heavy atom. The number of carbonyl (C=O) groups excluding carboxylic acids is 1. The number of aromatic nitrogens is 2. The predicted octanol–water partition coefficient (Wildman–Crippen LogP) is 6.07. The number of amides is 1. The minimum atomic E-state index is -0.242. The first-order chi connectivity index (χ1) is 17.1. The van der Waals surface area contributed by atoms with Crippen molar-refractivity contribution < 1.29 is 9.18 Å². The standard InChI is InChI=1S/C29H31FN4O/c1-21(35)31-24-9-6-8-23(20-24)22-14-18-33(19-15-22)16-7-17-34-28-13-5-4-12-27(28)32-29(34)25-10-2-3-11-26(25)30/h2-6,8-13,20,22H,7,14-19H2,1H3,(H,31,35). The second-order valence-electron chi connectivity index (χ2n) is 9.33. The summed E-state index contributed by atoms with van der Waals surface area (Å²) in [6.07, 6.45) is 3.19. The van der Waals surface area contributed by atoms with Crippen molar-refractivity contribution in [2.75, 3.05) is 25.0 Å². The Morgan fingerprint density at radius 1 is 1.00 bits per heavy atom. The third-order valence-electron chi connectivity index (χ3n) is 6.89. The molecule has 2 heterocycles. The van der Waals surface area contributed by atoms with E-state index in [9.17, 15) is 9.18 Å². The van der Waals surface area contributed by atoms with Crippen LogP contribution in [0, 0.1) is 5.82 Å². The molecular weight excluding hydrogens is 439 g/mol. The number of piperidine rings is 1. The molecule has 0 radical (unpaired) electrons. The van der Waals surface area contributed by atoms with Crippen LogP contribution in [-0.2, 0) is 11.3 Å². The highest BCUT2D eigenvalue weighted by atomic mass is 19.1. The first-order valence-electron chi connectivity index (χ1n) is 12.4. The summed E-state index contributed by atoms with van der Waals surface area (Å²) in [4.78, 5) is 18.7. The predicted molar refractivity (Wildman–Crippen MR) is 139 cm³/mol. The van der Waals surface area contributed by atoms with Crippen LogP contribution in [-0.4, -0.2) is 40.0 Å². The van der Waals surface area contributed by atoms with Gasteiger partial charge in [0.1, 0.15) is 11.6 Å². The number of nitrogens with zero attached hydrogens (tertiary/aromatic N) is 3. The number of halogens is 1. The number of para-hydroxylation sites is 2. The molecule has 6 heteroatoms. The quantitative estimate of drug-likeness (QED) is 0.357. The summed E-state index contributed by atoms with van der Waals surface area (Å²) < 4.78 is 16.7. The third kappa shape index (κ3) is 5.28. The summed E-state index contributed by atoms with van der Waals surface area (Å²) in [6, 6.07) is 23.1. The van der Waals surface area contributed by atoms with Crippen molar-refractivity contribution in [2.45, 2.75) is 38.6 Å². The Bertz CT molecular complexity index is 1320. The van der Waals surface area contributed by atoms with E-state index in [1.54, 1.807) is 12.1 Å². The average Bonchev–Trinajstić information content (AvgIpc) is 3.23. The van der Waals surface area contributed by atoms with Crippen LogP contribution in [0.2, 0.25) is 0 Å². The first kappa shape index (κ1) is 23.2. The van der Waals surface area contributed by atoms with Gasteiger partial charge in [0.2, 0.25) is 5.91 Å². The van der Waals surface area contributed by atoms with Gasteiger partial charge in [0.15, 0.2) is 0 Å². The molecule has 5 rings (SSSR count). The van der Waals surface area contributed by atoms with E-state index in [-0.39, 0.29) is 11.7 Å². The lowest BCUT2D eigenvalue weighted by molar-refractivity contribution is -0.114. The van der Waals surface area contributed by atoms with Gasteiger partial charge in [-0.05, 0) is 86.8 Å². The summed E-state index contributed by atoms with van der Waals surface area (Å²) in [7, 11) is 0. The molecule has 1 fully saturated rings. The Hall–Kier alpha value is -3.51. The number of benzene rings is 3. The summed E-state index contributed by atoms with van der Waals surface area (Å²) in [6.45, 7) is 5.45. The topological polar surface area (TPSA) is 50.2 Å². The fraction of sp³-hybridized carbons (Fsp3) is 0.310. The maximum absolute atomic E-state index is 14.6. The van der Waals surface area contributed by atoms with Crippen molar-refractivity contribution in [3.8, 4) is 11.4 Å². The molecule has 5 nitrogen and oxygen atoms in total. The van der Waals surface area contributed by atoms with Gasteiger partial charge in [-0.25, -0.2) is 9.37 Å². The summed E-state index contributed by atoms with van der Waals surface area (Å²) in [5.74, 6) is 0.932. The molecule has 35 heavy (non-hydrogen) atoms. The first-order valence-corrected chi connectivity index (χ1v) is 12.4. The number of hydrogen-bond acceptors (Lipinski definition) is 3. The fourth-order valence-corrected chi connectivity index (χ4v) is 5.17. The van der Waals surface area contributed by atoms with Crippen LogP contribution in [0.4, 0.5) is 10.1 Å². The number of nitrogens with one attached hydrogen (secondary N) is 1. The Labute approximate surface area is 205 Å². The molecule has 1 aromatic heterocycles. The minimum Gasteiger partial charge on any atom is -0.326 e. The molecule has 1 aliphatic heterocycles. The van der Waals surface area contributed by atoms with E-state index >= 15 is 0 Å². The summed E-state index contributed by atoms with van der Waals surface area (Å²) >= 11 is 0. The monoisotopic (exact) mass is 470 g/mol. The minimum absolute atomic E-state index is 0.0409. The van der Waals surface area contributed by atoms with Crippen LogP contribution in [0.3, 0.4) is 0 Å². The maximum atomic E-state index is 14.6. The SMILES string of the molecule is CC(=O)Nc1cccc(C2CCN(CCCn3c(-c4ccccc4F)nc4ccccc43)CC2)c1. The number of anilines is 1. The van der Waals surface area contributed by atoms with Gasteiger partial charge >= 0.3 is 0 Å². The van der Waals surface area contributed by atoms with Gasteiger partial charge in [0, 0.05) is 19.2 Å². The molecule has 1 aliphatic rings. The van der Waals surface area contributed by atoms with E-state index in [0.717, 1.165) is 62.2 Å². The number of likely N-dealkylation sites (tertiary alicyclic amines) is 1. The third-order valence-corrected chi connectivity index (χ3v) is 6.89. The number of carbonyl (C=O) groups is 1. The van der Waals surface area contributed by atoms with Crippen LogP contribution in [0.25, 0.3) is 22.4 Å². The second-order valence-corrected chi connectivity index (χ2v) is 9.33. The zero-order valence-corrected chi connectivity index (χ0v) is 20.1. The second kappa shape index (κ2) is 10.4. The maximum Gasteiger partial charge on any atom is 0.221 e. The molecular formula is C29H31FN4O.